The molecule has 0 aliphatic heterocycles. The SMILES string of the molecule is Cc1ccc2nc(Sc3cc(NN)ncn3)[nH]c2c1. The van der Waals surface area contributed by atoms with Crippen LogP contribution in [0.1, 0.15) is 5.56 Å². The van der Waals surface area contributed by atoms with Gasteiger partial charge in [-0.25, -0.2) is 20.8 Å². The summed E-state index contributed by atoms with van der Waals surface area (Å²) in [5.74, 6) is 5.89. The van der Waals surface area contributed by atoms with Crippen molar-refractivity contribution in [2.75, 3.05) is 5.43 Å². The number of nitrogen functional groups attached to an aromatic ring is 1. The van der Waals surface area contributed by atoms with E-state index in [1.807, 2.05) is 12.1 Å². The predicted molar refractivity (Wildman–Crippen MR) is 74.8 cm³/mol. The zero-order valence-electron chi connectivity index (χ0n) is 10.2. The highest BCUT2D eigenvalue weighted by Crippen LogP contribution is 2.26. The third-order valence-electron chi connectivity index (χ3n) is 2.61. The molecule has 6 nitrogen and oxygen atoms in total. The number of imidazole rings is 1. The van der Waals surface area contributed by atoms with Crippen molar-refractivity contribution < 1.29 is 0 Å². The summed E-state index contributed by atoms with van der Waals surface area (Å²) in [6.07, 6.45) is 1.46. The van der Waals surface area contributed by atoms with Crippen LogP contribution in [0, 0.1) is 6.92 Å². The van der Waals surface area contributed by atoms with Gasteiger partial charge in [-0.15, -0.1) is 0 Å². The predicted octanol–water partition coefficient (Wildman–Crippen LogP) is 2.10. The van der Waals surface area contributed by atoms with Crippen molar-refractivity contribution in [3.8, 4) is 0 Å². The summed E-state index contributed by atoms with van der Waals surface area (Å²) in [5.41, 5.74) is 5.66. The monoisotopic (exact) mass is 272 g/mol. The molecular formula is C12H12N6S. The van der Waals surface area contributed by atoms with Gasteiger partial charge in [0.1, 0.15) is 17.2 Å². The first-order valence-electron chi connectivity index (χ1n) is 5.67. The lowest BCUT2D eigenvalue weighted by Gasteiger charge is -2.00. The van der Waals surface area contributed by atoms with Gasteiger partial charge in [0.15, 0.2) is 5.16 Å². The molecule has 2 heterocycles. The number of hydrogen-bond donors (Lipinski definition) is 3. The van der Waals surface area contributed by atoms with Gasteiger partial charge in [0.25, 0.3) is 0 Å². The summed E-state index contributed by atoms with van der Waals surface area (Å²) in [4.78, 5) is 15.9. The number of anilines is 1. The first-order chi connectivity index (χ1) is 9.24. The van der Waals surface area contributed by atoms with E-state index in [2.05, 4.69) is 38.4 Å². The number of aromatic amines is 1. The van der Waals surface area contributed by atoms with Crippen molar-refractivity contribution >= 4 is 28.6 Å². The van der Waals surface area contributed by atoms with Crippen molar-refractivity contribution in [3.63, 3.8) is 0 Å². The lowest BCUT2D eigenvalue weighted by atomic mass is 10.2. The molecule has 0 amide bonds. The lowest BCUT2D eigenvalue weighted by Crippen LogP contribution is -2.08. The minimum absolute atomic E-state index is 0.574. The Kier molecular flexibility index (Phi) is 3.06. The molecule has 0 saturated carbocycles. The Morgan fingerprint density at radius 3 is 3.00 bits per heavy atom. The Hall–Kier alpha value is -2.12. The molecule has 0 atom stereocenters. The molecule has 3 aromatic rings. The maximum Gasteiger partial charge on any atom is 0.172 e. The zero-order chi connectivity index (χ0) is 13.2. The maximum atomic E-state index is 5.32. The van der Waals surface area contributed by atoms with E-state index in [1.54, 1.807) is 6.07 Å². The molecule has 19 heavy (non-hydrogen) atoms. The highest BCUT2D eigenvalue weighted by Gasteiger charge is 2.06. The smallest absolute Gasteiger partial charge is 0.172 e. The minimum Gasteiger partial charge on any atom is -0.333 e. The maximum absolute atomic E-state index is 5.32. The summed E-state index contributed by atoms with van der Waals surface area (Å²) in [5, 5.41) is 1.57. The molecule has 0 radical (unpaired) electrons. The van der Waals surface area contributed by atoms with Crippen molar-refractivity contribution in [1.29, 1.82) is 0 Å². The van der Waals surface area contributed by atoms with E-state index in [0.29, 0.717) is 5.82 Å². The van der Waals surface area contributed by atoms with E-state index in [9.17, 15) is 0 Å². The van der Waals surface area contributed by atoms with Crippen LogP contribution in [0.2, 0.25) is 0 Å². The van der Waals surface area contributed by atoms with E-state index in [4.69, 9.17) is 5.84 Å². The second-order valence-electron chi connectivity index (χ2n) is 4.05. The van der Waals surface area contributed by atoms with Gasteiger partial charge in [-0.05, 0) is 36.4 Å². The van der Waals surface area contributed by atoms with Gasteiger partial charge in [-0.1, -0.05) is 6.07 Å². The number of aromatic nitrogens is 4. The van der Waals surface area contributed by atoms with Gasteiger partial charge in [0.2, 0.25) is 0 Å². The molecule has 96 valence electrons. The molecule has 0 aliphatic rings. The third kappa shape index (κ3) is 2.51. The summed E-state index contributed by atoms with van der Waals surface area (Å²) in [7, 11) is 0. The molecule has 7 heteroatoms. The van der Waals surface area contributed by atoms with Gasteiger partial charge in [0.05, 0.1) is 11.0 Å². The van der Waals surface area contributed by atoms with E-state index in [-0.39, 0.29) is 0 Å². The van der Waals surface area contributed by atoms with Crippen LogP contribution in [-0.2, 0) is 0 Å². The Morgan fingerprint density at radius 1 is 1.26 bits per heavy atom. The Morgan fingerprint density at radius 2 is 2.16 bits per heavy atom. The quantitative estimate of drug-likeness (QED) is 0.384. The number of aryl methyl sites for hydroxylation is 1. The van der Waals surface area contributed by atoms with Crippen LogP contribution in [-0.4, -0.2) is 19.9 Å². The summed E-state index contributed by atoms with van der Waals surface area (Å²) in [6, 6.07) is 7.87. The number of hydrogen-bond acceptors (Lipinski definition) is 6. The highest BCUT2D eigenvalue weighted by atomic mass is 32.2. The average Bonchev–Trinajstić information content (AvgIpc) is 2.80. The fourth-order valence-electron chi connectivity index (χ4n) is 1.72. The zero-order valence-corrected chi connectivity index (χ0v) is 11.0. The van der Waals surface area contributed by atoms with E-state index >= 15 is 0 Å². The van der Waals surface area contributed by atoms with Crippen molar-refractivity contribution in [2.24, 2.45) is 5.84 Å². The van der Waals surface area contributed by atoms with Crippen LogP contribution in [0.4, 0.5) is 5.82 Å². The molecule has 4 N–H and O–H groups in total. The number of hydrazine groups is 1. The molecule has 0 unspecified atom stereocenters. The number of H-pyrrole nitrogens is 1. The second kappa shape index (κ2) is 4.87. The van der Waals surface area contributed by atoms with Crippen molar-refractivity contribution in [2.45, 2.75) is 17.1 Å². The first-order valence-corrected chi connectivity index (χ1v) is 6.49. The van der Waals surface area contributed by atoms with Gasteiger partial charge in [-0.3, -0.25) is 0 Å². The summed E-state index contributed by atoms with van der Waals surface area (Å²) < 4.78 is 0. The highest BCUT2D eigenvalue weighted by molar-refractivity contribution is 7.99. The molecule has 0 fully saturated rings. The largest absolute Gasteiger partial charge is 0.333 e. The molecule has 1 aromatic carbocycles. The van der Waals surface area contributed by atoms with Crippen LogP contribution in [0.15, 0.2) is 40.8 Å². The standard InChI is InChI=1S/C12H12N6S/c1-7-2-3-8-9(4-7)17-12(16-8)19-11-5-10(18-13)14-6-15-11/h2-6H,13H2,1H3,(H,16,17)(H,14,15,18). The number of rotatable bonds is 3. The lowest BCUT2D eigenvalue weighted by molar-refractivity contribution is 1.02. The topological polar surface area (TPSA) is 92.5 Å². The van der Waals surface area contributed by atoms with Gasteiger partial charge in [0, 0.05) is 6.07 Å². The fourth-order valence-corrected chi connectivity index (χ4v) is 2.50. The number of nitrogens with one attached hydrogen (secondary N) is 2. The summed E-state index contributed by atoms with van der Waals surface area (Å²) in [6.45, 7) is 2.05. The van der Waals surface area contributed by atoms with Gasteiger partial charge < -0.3 is 10.4 Å². The average molecular weight is 272 g/mol. The Balaban J connectivity index is 1.92. The fraction of sp³-hybridized carbons (Fsp3) is 0.0833. The van der Waals surface area contributed by atoms with Crippen LogP contribution in [0.3, 0.4) is 0 Å². The third-order valence-corrected chi connectivity index (χ3v) is 3.43. The molecule has 0 spiro atoms. The Labute approximate surface area is 113 Å². The summed E-state index contributed by atoms with van der Waals surface area (Å²) >= 11 is 1.44. The van der Waals surface area contributed by atoms with Crippen LogP contribution < -0.4 is 11.3 Å². The van der Waals surface area contributed by atoms with E-state index in [0.717, 1.165) is 21.2 Å². The number of nitrogens with zero attached hydrogens (tertiary/aromatic N) is 3. The molecule has 0 aliphatic carbocycles. The molecule has 0 bridgehead atoms. The Bertz CT molecular complexity index is 723. The van der Waals surface area contributed by atoms with Crippen LogP contribution >= 0.6 is 11.8 Å². The number of nitrogens with two attached hydrogens (primary N) is 1. The normalized spacial score (nSPS) is 10.8. The van der Waals surface area contributed by atoms with Crippen molar-refractivity contribution in [3.05, 3.63) is 36.2 Å². The number of benzene rings is 1. The van der Waals surface area contributed by atoms with Gasteiger partial charge in [-0.2, -0.15) is 0 Å². The first kappa shape index (κ1) is 11.9. The van der Waals surface area contributed by atoms with Crippen LogP contribution in [0.5, 0.6) is 0 Å². The second-order valence-corrected chi connectivity index (χ2v) is 5.06. The minimum atomic E-state index is 0.574. The molecular weight excluding hydrogens is 260 g/mol. The molecule has 2 aromatic heterocycles. The van der Waals surface area contributed by atoms with E-state index in [1.165, 1.54) is 23.7 Å². The molecule has 3 rings (SSSR count). The van der Waals surface area contributed by atoms with Crippen LogP contribution in [0.25, 0.3) is 11.0 Å². The van der Waals surface area contributed by atoms with Gasteiger partial charge >= 0.3 is 0 Å². The van der Waals surface area contributed by atoms with Crippen molar-refractivity contribution in [1.82, 2.24) is 19.9 Å². The molecule has 0 saturated heterocycles. The number of fused-ring (bicyclic) bond motifs is 1. The van der Waals surface area contributed by atoms with E-state index < -0.39 is 0 Å².